The number of anilines is 1. The summed E-state index contributed by atoms with van der Waals surface area (Å²) in [5.74, 6) is 0.504. The molecule has 0 spiro atoms. The van der Waals surface area contributed by atoms with E-state index in [4.69, 9.17) is 0 Å². The van der Waals surface area contributed by atoms with Gasteiger partial charge in [0, 0.05) is 6.54 Å². The molecule has 3 amide bonds. The molecule has 2 unspecified atom stereocenters. The lowest BCUT2D eigenvalue weighted by Crippen LogP contribution is -2.42. The number of benzene rings is 1. The van der Waals surface area contributed by atoms with Crippen molar-refractivity contribution in [1.29, 1.82) is 0 Å². The van der Waals surface area contributed by atoms with E-state index in [1.807, 2.05) is 31.2 Å². The smallest absolute Gasteiger partial charge is 0.312 e. The van der Waals surface area contributed by atoms with Crippen LogP contribution < -0.4 is 4.90 Å². The lowest BCUT2D eigenvalue weighted by Gasteiger charge is -2.31. The monoisotopic (exact) mass is 272 g/mol. The van der Waals surface area contributed by atoms with E-state index < -0.39 is 0 Å². The molecular weight excluding hydrogens is 252 g/mol. The number of hydrogen-bond donors (Lipinski definition) is 0. The zero-order chi connectivity index (χ0) is 14.3. The number of imide groups is 1. The van der Waals surface area contributed by atoms with Crippen LogP contribution in [0.4, 0.5) is 10.5 Å². The van der Waals surface area contributed by atoms with Crippen molar-refractivity contribution in [1.82, 2.24) is 4.90 Å². The first kappa shape index (κ1) is 13.2. The Hall–Kier alpha value is -1.84. The molecule has 4 heteroatoms. The summed E-state index contributed by atoms with van der Waals surface area (Å²) >= 11 is 0. The van der Waals surface area contributed by atoms with Crippen LogP contribution in [-0.4, -0.2) is 29.4 Å². The second kappa shape index (κ2) is 4.93. The molecule has 0 saturated carbocycles. The highest BCUT2D eigenvalue weighted by atomic mass is 16.2. The summed E-state index contributed by atoms with van der Waals surface area (Å²) in [5, 5.41) is 0. The number of carbonyl (C=O) groups is 2. The van der Waals surface area contributed by atoms with E-state index in [0.29, 0.717) is 18.2 Å². The van der Waals surface area contributed by atoms with Crippen LogP contribution in [0, 0.1) is 12.8 Å². The van der Waals surface area contributed by atoms with Gasteiger partial charge in [-0.1, -0.05) is 25.5 Å². The highest BCUT2D eigenvalue weighted by Crippen LogP contribution is 2.34. The standard InChI is InChI=1S/C16H20N2O2/c1-3-12-7-8-17-14(10-12)15(19)18(16(17)20)13-6-4-5-11(2)9-13/h4-6,9,12,14H,3,7-8,10H2,1-2H3. The molecule has 1 aromatic rings. The van der Waals surface area contributed by atoms with E-state index in [9.17, 15) is 9.59 Å². The molecule has 0 N–H and O–H groups in total. The first-order chi connectivity index (χ1) is 9.61. The molecule has 3 rings (SSSR count). The van der Waals surface area contributed by atoms with Crippen molar-refractivity contribution in [3.8, 4) is 0 Å². The summed E-state index contributed by atoms with van der Waals surface area (Å²) in [7, 11) is 0. The van der Waals surface area contributed by atoms with Gasteiger partial charge in [0.25, 0.3) is 5.91 Å². The van der Waals surface area contributed by atoms with Gasteiger partial charge in [0.2, 0.25) is 0 Å². The molecule has 106 valence electrons. The number of nitrogens with zero attached hydrogens (tertiary/aromatic N) is 2. The average molecular weight is 272 g/mol. The molecule has 0 aliphatic carbocycles. The fourth-order valence-electron chi connectivity index (χ4n) is 3.25. The van der Waals surface area contributed by atoms with Crippen LogP contribution in [0.3, 0.4) is 0 Å². The molecule has 2 saturated heterocycles. The van der Waals surface area contributed by atoms with Gasteiger partial charge in [-0.15, -0.1) is 0 Å². The Kier molecular flexibility index (Phi) is 3.24. The van der Waals surface area contributed by atoms with Gasteiger partial charge >= 0.3 is 6.03 Å². The van der Waals surface area contributed by atoms with Crippen LogP contribution in [-0.2, 0) is 4.79 Å². The predicted molar refractivity (Wildman–Crippen MR) is 77.6 cm³/mol. The summed E-state index contributed by atoms with van der Waals surface area (Å²) in [5.41, 5.74) is 1.75. The number of aryl methyl sites for hydroxylation is 1. The maximum atomic E-state index is 12.6. The molecule has 0 bridgehead atoms. The first-order valence-corrected chi connectivity index (χ1v) is 7.33. The molecule has 0 radical (unpaired) electrons. The Labute approximate surface area is 119 Å². The molecular formula is C16H20N2O2. The molecule has 1 aromatic carbocycles. The van der Waals surface area contributed by atoms with Crippen molar-refractivity contribution in [3.05, 3.63) is 29.8 Å². The molecule has 2 fully saturated rings. The summed E-state index contributed by atoms with van der Waals surface area (Å²) < 4.78 is 0. The van der Waals surface area contributed by atoms with Crippen LogP contribution in [0.15, 0.2) is 24.3 Å². The van der Waals surface area contributed by atoms with Crippen LogP contribution in [0.25, 0.3) is 0 Å². The number of rotatable bonds is 2. The number of urea groups is 1. The second-order valence-corrected chi connectivity index (χ2v) is 5.80. The minimum Gasteiger partial charge on any atom is -0.312 e. The summed E-state index contributed by atoms with van der Waals surface area (Å²) in [4.78, 5) is 28.2. The highest BCUT2D eigenvalue weighted by Gasteiger charge is 2.48. The Morgan fingerprint density at radius 3 is 2.80 bits per heavy atom. The van der Waals surface area contributed by atoms with Crippen molar-refractivity contribution in [2.45, 2.75) is 39.2 Å². The number of carbonyl (C=O) groups excluding carboxylic acids is 2. The topological polar surface area (TPSA) is 40.6 Å². The summed E-state index contributed by atoms with van der Waals surface area (Å²) in [6.07, 6.45) is 2.90. The number of piperidine rings is 1. The number of hydrogen-bond acceptors (Lipinski definition) is 2. The largest absolute Gasteiger partial charge is 0.332 e. The molecule has 4 nitrogen and oxygen atoms in total. The van der Waals surface area contributed by atoms with Crippen molar-refractivity contribution in [2.75, 3.05) is 11.4 Å². The van der Waals surface area contributed by atoms with Crippen LogP contribution in [0.5, 0.6) is 0 Å². The molecule has 0 aromatic heterocycles. The molecule has 2 aliphatic rings. The number of fused-ring (bicyclic) bond motifs is 1. The zero-order valence-electron chi connectivity index (χ0n) is 12.0. The lowest BCUT2D eigenvalue weighted by atomic mass is 9.89. The Bertz CT molecular complexity index is 555. The van der Waals surface area contributed by atoms with E-state index in [1.54, 1.807) is 4.90 Å². The Morgan fingerprint density at radius 2 is 2.10 bits per heavy atom. The predicted octanol–water partition coefficient (Wildman–Crippen LogP) is 2.95. The maximum Gasteiger partial charge on any atom is 0.332 e. The molecule has 2 heterocycles. The van der Waals surface area contributed by atoms with E-state index in [2.05, 4.69) is 6.92 Å². The Morgan fingerprint density at radius 1 is 1.30 bits per heavy atom. The van der Waals surface area contributed by atoms with Crippen LogP contribution >= 0.6 is 0 Å². The van der Waals surface area contributed by atoms with Crippen LogP contribution in [0.1, 0.15) is 31.7 Å². The summed E-state index contributed by atoms with van der Waals surface area (Å²) in [6.45, 7) is 4.82. The van der Waals surface area contributed by atoms with Crippen molar-refractivity contribution in [2.24, 2.45) is 5.92 Å². The van der Waals surface area contributed by atoms with Gasteiger partial charge in [0.1, 0.15) is 6.04 Å². The maximum absolute atomic E-state index is 12.6. The van der Waals surface area contributed by atoms with Crippen molar-refractivity contribution in [3.63, 3.8) is 0 Å². The van der Waals surface area contributed by atoms with E-state index in [1.165, 1.54) is 4.90 Å². The van der Waals surface area contributed by atoms with E-state index >= 15 is 0 Å². The van der Waals surface area contributed by atoms with Crippen molar-refractivity contribution < 1.29 is 9.59 Å². The van der Waals surface area contributed by atoms with Gasteiger partial charge in [0.15, 0.2) is 0 Å². The van der Waals surface area contributed by atoms with Gasteiger partial charge in [0.05, 0.1) is 5.69 Å². The van der Waals surface area contributed by atoms with Gasteiger partial charge in [-0.2, -0.15) is 0 Å². The second-order valence-electron chi connectivity index (χ2n) is 5.80. The third-order valence-corrected chi connectivity index (χ3v) is 4.49. The van der Waals surface area contributed by atoms with E-state index in [0.717, 1.165) is 24.8 Å². The third-order valence-electron chi connectivity index (χ3n) is 4.49. The average Bonchev–Trinajstić information content (AvgIpc) is 2.70. The normalized spacial score (nSPS) is 26.1. The van der Waals surface area contributed by atoms with Gasteiger partial charge in [-0.05, 0) is 43.4 Å². The summed E-state index contributed by atoms with van der Waals surface area (Å²) in [6, 6.07) is 7.18. The molecule has 2 atom stereocenters. The van der Waals surface area contributed by atoms with Gasteiger partial charge < -0.3 is 4.90 Å². The first-order valence-electron chi connectivity index (χ1n) is 7.33. The van der Waals surface area contributed by atoms with E-state index in [-0.39, 0.29) is 18.0 Å². The minimum absolute atomic E-state index is 0.0567. The van der Waals surface area contributed by atoms with Crippen molar-refractivity contribution >= 4 is 17.6 Å². The Balaban J connectivity index is 1.91. The van der Waals surface area contributed by atoms with Crippen LogP contribution in [0.2, 0.25) is 0 Å². The highest BCUT2D eigenvalue weighted by molar-refractivity contribution is 6.21. The lowest BCUT2D eigenvalue weighted by molar-refractivity contribution is -0.120. The zero-order valence-corrected chi connectivity index (χ0v) is 12.0. The number of amides is 3. The quantitative estimate of drug-likeness (QED) is 0.777. The minimum atomic E-state index is -0.248. The van der Waals surface area contributed by atoms with Gasteiger partial charge in [-0.3, -0.25) is 4.79 Å². The molecule has 2 aliphatic heterocycles. The fraction of sp³-hybridized carbons (Fsp3) is 0.500. The third kappa shape index (κ3) is 1.99. The van der Waals surface area contributed by atoms with Gasteiger partial charge in [-0.25, -0.2) is 9.69 Å². The SMILES string of the molecule is CCC1CCN2C(=O)N(c3cccc(C)c3)C(=O)C2C1. The fourth-order valence-corrected chi connectivity index (χ4v) is 3.25. The molecule has 20 heavy (non-hydrogen) atoms.